The summed E-state index contributed by atoms with van der Waals surface area (Å²) in [4.78, 5) is 10.6. The third-order valence-electron chi connectivity index (χ3n) is 4.56. The molecule has 23 heavy (non-hydrogen) atoms. The zero-order valence-corrected chi connectivity index (χ0v) is 13.3. The Hall–Kier alpha value is -2.13. The molecule has 0 heterocycles. The standard InChI is InChI=1S/C20H23NO2/c22-19(23)11-5-6-14-21-20-17-9-3-1-7-15(17)12-13-16-8-2-4-10-18(16)20/h1-4,7-10,20-21H,5-6,11-14H2,(H,22,23). The van der Waals surface area contributed by atoms with E-state index >= 15 is 0 Å². The Morgan fingerprint density at radius 1 is 0.957 bits per heavy atom. The fourth-order valence-electron chi connectivity index (χ4n) is 3.39. The summed E-state index contributed by atoms with van der Waals surface area (Å²) in [7, 11) is 0. The van der Waals surface area contributed by atoms with E-state index in [4.69, 9.17) is 5.11 Å². The number of aliphatic carboxylic acids is 1. The number of aryl methyl sites for hydroxylation is 2. The van der Waals surface area contributed by atoms with Gasteiger partial charge in [0, 0.05) is 6.42 Å². The molecule has 0 saturated carbocycles. The highest BCUT2D eigenvalue weighted by Gasteiger charge is 2.22. The van der Waals surface area contributed by atoms with E-state index in [0.717, 1.165) is 32.2 Å². The van der Waals surface area contributed by atoms with Gasteiger partial charge in [0.05, 0.1) is 6.04 Å². The summed E-state index contributed by atoms with van der Waals surface area (Å²) < 4.78 is 0. The van der Waals surface area contributed by atoms with Gasteiger partial charge in [-0.1, -0.05) is 48.5 Å². The first kappa shape index (κ1) is 15.8. The third kappa shape index (κ3) is 3.80. The van der Waals surface area contributed by atoms with Gasteiger partial charge in [-0.3, -0.25) is 4.79 Å². The lowest BCUT2D eigenvalue weighted by molar-refractivity contribution is -0.137. The van der Waals surface area contributed by atoms with Crippen LogP contribution in [0.15, 0.2) is 48.5 Å². The van der Waals surface area contributed by atoms with Crippen molar-refractivity contribution < 1.29 is 9.90 Å². The van der Waals surface area contributed by atoms with E-state index in [1.165, 1.54) is 22.3 Å². The molecular weight excluding hydrogens is 286 g/mol. The van der Waals surface area contributed by atoms with E-state index in [1.807, 2.05) is 0 Å². The van der Waals surface area contributed by atoms with Crippen LogP contribution in [0.2, 0.25) is 0 Å². The van der Waals surface area contributed by atoms with Gasteiger partial charge in [0.2, 0.25) is 0 Å². The maximum absolute atomic E-state index is 10.6. The van der Waals surface area contributed by atoms with Crippen LogP contribution in [0.3, 0.4) is 0 Å². The Morgan fingerprint density at radius 3 is 2.09 bits per heavy atom. The first-order chi connectivity index (χ1) is 11.3. The molecule has 0 aromatic heterocycles. The number of rotatable bonds is 6. The van der Waals surface area contributed by atoms with Crippen LogP contribution in [0.25, 0.3) is 0 Å². The quantitative estimate of drug-likeness (QED) is 0.800. The predicted molar refractivity (Wildman–Crippen MR) is 91.6 cm³/mol. The lowest BCUT2D eigenvalue weighted by atomic mass is 9.94. The van der Waals surface area contributed by atoms with E-state index in [9.17, 15) is 4.79 Å². The Labute approximate surface area is 137 Å². The number of fused-ring (bicyclic) bond motifs is 2. The van der Waals surface area contributed by atoms with E-state index < -0.39 is 5.97 Å². The number of hydrogen-bond acceptors (Lipinski definition) is 2. The normalized spacial score (nSPS) is 13.9. The molecule has 0 spiro atoms. The van der Waals surface area contributed by atoms with Crippen LogP contribution in [0.5, 0.6) is 0 Å². The lowest BCUT2D eigenvalue weighted by Gasteiger charge is -2.22. The summed E-state index contributed by atoms with van der Waals surface area (Å²) in [5, 5.41) is 12.4. The predicted octanol–water partition coefficient (Wildman–Crippen LogP) is 3.72. The topological polar surface area (TPSA) is 49.3 Å². The summed E-state index contributed by atoms with van der Waals surface area (Å²) in [6, 6.07) is 17.5. The Morgan fingerprint density at radius 2 is 1.52 bits per heavy atom. The molecule has 0 bridgehead atoms. The molecule has 3 nitrogen and oxygen atoms in total. The van der Waals surface area contributed by atoms with Gasteiger partial charge in [-0.2, -0.15) is 0 Å². The van der Waals surface area contributed by atoms with Crippen LogP contribution >= 0.6 is 0 Å². The van der Waals surface area contributed by atoms with Crippen molar-refractivity contribution in [1.82, 2.24) is 5.32 Å². The largest absolute Gasteiger partial charge is 0.481 e. The molecule has 2 N–H and O–H groups in total. The van der Waals surface area contributed by atoms with Crippen LogP contribution < -0.4 is 5.32 Å². The average molecular weight is 309 g/mol. The molecule has 3 rings (SSSR count). The molecule has 2 aromatic rings. The van der Waals surface area contributed by atoms with Gasteiger partial charge in [-0.15, -0.1) is 0 Å². The van der Waals surface area contributed by atoms with Crippen LogP contribution in [-0.2, 0) is 17.6 Å². The van der Waals surface area contributed by atoms with Crippen molar-refractivity contribution in [2.24, 2.45) is 0 Å². The summed E-state index contributed by atoms with van der Waals surface area (Å²) in [5.41, 5.74) is 5.53. The zero-order chi connectivity index (χ0) is 16.1. The maximum Gasteiger partial charge on any atom is 0.303 e. The minimum absolute atomic E-state index is 0.203. The van der Waals surface area contributed by atoms with Crippen molar-refractivity contribution in [3.05, 3.63) is 70.8 Å². The Bertz CT molecular complexity index is 633. The minimum atomic E-state index is -0.713. The van der Waals surface area contributed by atoms with Crippen molar-refractivity contribution in [2.75, 3.05) is 6.54 Å². The molecule has 0 radical (unpaired) electrons. The molecule has 120 valence electrons. The van der Waals surface area contributed by atoms with Crippen LogP contribution in [0.4, 0.5) is 0 Å². The monoisotopic (exact) mass is 309 g/mol. The molecule has 0 saturated heterocycles. The van der Waals surface area contributed by atoms with Crippen LogP contribution in [-0.4, -0.2) is 17.6 Å². The Kier molecular flexibility index (Phi) is 5.09. The average Bonchev–Trinajstić information content (AvgIpc) is 2.72. The molecule has 0 atom stereocenters. The van der Waals surface area contributed by atoms with Crippen molar-refractivity contribution >= 4 is 5.97 Å². The molecule has 1 aliphatic carbocycles. The van der Waals surface area contributed by atoms with E-state index in [1.54, 1.807) is 0 Å². The van der Waals surface area contributed by atoms with Crippen molar-refractivity contribution in [2.45, 2.75) is 38.1 Å². The SMILES string of the molecule is O=C(O)CCCCNC1c2ccccc2CCc2ccccc21. The molecule has 0 fully saturated rings. The molecular formula is C20H23NO2. The molecule has 2 aromatic carbocycles. The van der Waals surface area contributed by atoms with E-state index in [-0.39, 0.29) is 12.5 Å². The highest BCUT2D eigenvalue weighted by molar-refractivity contribution is 5.66. The number of unbranched alkanes of at least 4 members (excludes halogenated alkanes) is 1. The summed E-state index contributed by atoms with van der Waals surface area (Å²) in [5.74, 6) is -0.713. The highest BCUT2D eigenvalue weighted by Crippen LogP contribution is 2.32. The third-order valence-corrected chi connectivity index (χ3v) is 4.56. The molecule has 0 amide bonds. The second-order valence-electron chi connectivity index (χ2n) is 6.14. The highest BCUT2D eigenvalue weighted by atomic mass is 16.4. The first-order valence-corrected chi connectivity index (χ1v) is 8.36. The van der Waals surface area contributed by atoms with Crippen molar-refractivity contribution in [3.8, 4) is 0 Å². The zero-order valence-electron chi connectivity index (χ0n) is 13.3. The van der Waals surface area contributed by atoms with Crippen LogP contribution in [0, 0.1) is 0 Å². The second kappa shape index (κ2) is 7.42. The number of benzene rings is 2. The second-order valence-corrected chi connectivity index (χ2v) is 6.14. The molecule has 3 heteroatoms. The number of carboxylic acids is 1. The van der Waals surface area contributed by atoms with Crippen molar-refractivity contribution in [3.63, 3.8) is 0 Å². The van der Waals surface area contributed by atoms with Gasteiger partial charge in [0.25, 0.3) is 0 Å². The maximum atomic E-state index is 10.6. The number of hydrogen-bond donors (Lipinski definition) is 2. The molecule has 0 aliphatic heterocycles. The number of carbonyl (C=O) groups is 1. The van der Waals surface area contributed by atoms with Gasteiger partial charge in [0.15, 0.2) is 0 Å². The van der Waals surface area contributed by atoms with Gasteiger partial charge in [-0.25, -0.2) is 0 Å². The number of nitrogens with one attached hydrogen (secondary N) is 1. The smallest absolute Gasteiger partial charge is 0.303 e. The first-order valence-electron chi connectivity index (χ1n) is 8.36. The summed E-state index contributed by atoms with van der Waals surface area (Å²) in [6.07, 6.45) is 4.00. The van der Waals surface area contributed by atoms with Gasteiger partial charge < -0.3 is 10.4 Å². The minimum Gasteiger partial charge on any atom is -0.481 e. The fourth-order valence-corrected chi connectivity index (χ4v) is 3.39. The molecule has 0 unspecified atom stereocenters. The van der Waals surface area contributed by atoms with Gasteiger partial charge >= 0.3 is 5.97 Å². The van der Waals surface area contributed by atoms with Crippen molar-refractivity contribution in [1.29, 1.82) is 0 Å². The molecule has 1 aliphatic rings. The van der Waals surface area contributed by atoms with Gasteiger partial charge in [-0.05, 0) is 54.5 Å². The Balaban J connectivity index is 1.78. The summed E-state index contributed by atoms with van der Waals surface area (Å²) >= 11 is 0. The van der Waals surface area contributed by atoms with E-state index in [2.05, 4.69) is 53.8 Å². The van der Waals surface area contributed by atoms with Gasteiger partial charge in [0.1, 0.15) is 0 Å². The van der Waals surface area contributed by atoms with Crippen LogP contribution in [0.1, 0.15) is 47.6 Å². The fraction of sp³-hybridized carbons (Fsp3) is 0.350. The summed E-state index contributed by atoms with van der Waals surface area (Å²) in [6.45, 7) is 0.834. The lowest BCUT2D eigenvalue weighted by Crippen LogP contribution is -2.24. The van der Waals surface area contributed by atoms with E-state index in [0.29, 0.717) is 0 Å². The number of carboxylic acid groups (broad SMARTS) is 1.